The number of aliphatic carboxylic acids is 1. The Morgan fingerprint density at radius 2 is 1.81 bits per heavy atom. The third-order valence-corrected chi connectivity index (χ3v) is 1.96. The topological polar surface area (TPSA) is 109 Å². The average Bonchev–Trinajstić information content (AvgIpc) is 1.98. The molecule has 0 heterocycles. The molecule has 0 aliphatic heterocycles. The lowest BCUT2D eigenvalue weighted by atomic mass is 9.85. The molecule has 0 aromatic carbocycles. The average molecular weight is 230 g/mol. The Hall–Kier alpha value is -1.59. The molecule has 16 heavy (non-hydrogen) atoms. The molecule has 2 amide bonds. The van der Waals surface area contributed by atoms with Gasteiger partial charge in [0.05, 0.1) is 6.42 Å². The Morgan fingerprint density at radius 3 is 2.25 bits per heavy atom. The van der Waals surface area contributed by atoms with E-state index >= 15 is 0 Å². The molecule has 0 radical (unpaired) electrons. The fraction of sp³-hybridized carbons (Fsp3) is 0.700. The molecule has 0 fully saturated rings. The highest BCUT2D eigenvalue weighted by molar-refractivity contribution is 5.79. The van der Waals surface area contributed by atoms with Crippen LogP contribution in [-0.4, -0.2) is 29.4 Å². The van der Waals surface area contributed by atoms with E-state index in [-0.39, 0.29) is 31.7 Å². The van der Waals surface area contributed by atoms with E-state index in [2.05, 4.69) is 5.32 Å². The third kappa shape index (κ3) is 7.78. The predicted molar refractivity (Wildman–Crippen MR) is 57.5 cm³/mol. The van der Waals surface area contributed by atoms with Gasteiger partial charge in [0.15, 0.2) is 0 Å². The number of carboxylic acid groups (broad SMARTS) is 1. The second-order valence-electron chi connectivity index (χ2n) is 4.48. The molecule has 0 aromatic heterocycles. The van der Waals surface area contributed by atoms with Gasteiger partial charge in [0.2, 0.25) is 11.8 Å². The van der Waals surface area contributed by atoms with E-state index in [0.717, 1.165) is 0 Å². The number of carbonyl (C=O) groups is 3. The Morgan fingerprint density at radius 1 is 1.25 bits per heavy atom. The summed E-state index contributed by atoms with van der Waals surface area (Å²) in [6, 6.07) is 0. The van der Waals surface area contributed by atoms with Crippen LogP contribution < -0.4 is 11.1 Å². The number of primary amides is 1. The van der Waals surface area contributed by atoms with Gasteiger partial charge in [0.1, 0.15) is 0 Å². The molecule has 0 spiro atoms. The summed E-state index contributed by atoms with van der Waals surface area (Å²) in [5.74, 6) is -1.69. The molecular formula is C10H18N2O4. The smallest absolute Gasteiger partial charge is 0.303 e. The number of hydrogen-bond donors (Lipinski definition) is 3. The standard InChI is InChI=1S/C10H18N2O4/c1-10(2,6-9(15)16)5-8(14)12-4-3-7(11)13/h3-6H2,1-2H3,(H2,11,13)(H,12,14)(H,15,16). The maximum Gasteiger partial charge on any atom is 0.303 e. The number of amides is 2. The molecule has 0 aliphatic rings. The van der Waals surface area contributed by atoms with E-state index in [1.54, 1.807) is 13.8 Å². The van der Waals surface area contributed by atoms with Gasteiger partial charge in [0, 0.05) is 19.4 Å². The molecule has 0 saturated carbocycles. The molecule has 0 aromatic rings. The first kappa shape index (κ1) is 14.4. The highest BCUT2D eigenvalue weighted by atomic mass is 16.4. The van der Waals surface area contributed by atoms with E-state index in [4.69, 9.17) is 10.8 Å². The van der Waals surface area contributed by atoms with Gasteiger partial charge < -0.3 is 16.2 Å². The summed E-state index contributed by atoms with van der Waals surface area (Å²) in [7, 11) is 0. The lowest BCUT2D eigenvalue weighted by Gasteiger charge is -2.21. The molecule has 0 aliphatic carbocycles. The molecule has 0 bridgehead atoms. The van der Waals surface area contributed by atoms with Crippen molar-refractivity contribution in [2.75, 3.05) is 6.54 Å². The van der Waals surface area contributed by atoms with Crippen molar-refractivity contribution >= 4 is 17.8 Å². The van der Waals surface area contributed by atoms with Gasteiger partial charge in [-0.15, -0.1) is 0 Å². The van der Waals surface area contributed by atoms with Gasteiger partial charge in [-0.2, -0.15) is 0 Å². The van der Waals surface area contributed by atoms with Crippen molar-refractivity contribution in [3.05, 3.63) is 0 Å². The van der Waals surface area contributed by atoms with Crippen LogP contribution in [0.2, 0.25) is 0 Å². The maximum absolute atomic E-state index is 11.4. The van der Waals surface area contributed by atoms with Gasteiger partial charge in [-0.05, 0) is 5.41 Å². The predicted octanol–water partition coefficient (Wildman–Crippen LogP) is -0.131. The Kier molecular flexibility index (Phi) is 5.49. The van der Waals surface area contributed by atoms with Gasteiger partial charge in [0.25, 0.3) is 0 Å². The van der Waals surface area contributed by atoms with E-state index < -0.39 is 17.3 Å². The van der Waals surface area contributed by atoms with Crippen molar-refractivity contribution in [3.63, 3.8) is 0 Å². The van der Waals surface area contributed by atoms with Crippen LogP contribution in [0.1, 0.15) is 33.1 Å². The molecule has 6 nitrogen and oxygen atoms in total. The summed E-state index contributed by atoms with van der Waals surface area (Å²) in [4.78, 5) is 32.3. The fourth-order valence-electron chi connectivity index (χ4n) is 1.29. The van der Waals surface area contributed by atoms with Crippen LogP contribution >= 0.6 is 0 Å². The van der Waals surface area contributed by atoms with Crippen molar-refractivity contribution in [1.29, 1.82) is 0 Å². The third-order valence-electron chi connectivity index (χ3n) is 1.96. The second kappa shape index (κ2) is 6.09. The van der Waals surface area contributed by atoms with Gasteiger partial charge >= 0.3 is 5.97 Å². The van der Waals surface area contributed by atoms with Gasteiger partial charge in [-0.3, -0.25) is 14.4 Å². The lowest BCUT2D eigenvalue weighted by Crippen LogP contribution is -2.32. The quantitative estimate of drug-likeness (QED) is 0.565. The van der Waals surface area contributed by atoms with E-state index in [1.807, 2.05) is 0 Å². The van der Waals surface area contributed by atoms with Gasteiger partial charge in [-0.1, -0.05) is 13.8 Å². The number of nitrogens with one attached hydrogen (secondary N) is 1. The van der Waals surface area contributed by atoms with Crippen molar-refractivity contribution in [3.8, 4) is 0 Å². The van der Waals surface area contributed by atoms with Crippen LogP contribution in [0.4, 0.5) is 0 Å². The van der Waals surface area contributed by atoms with Gasteiger partial charge in [-0.25, -0.2) is 0 Å². The van der Waals surface area contributed by atoms with E-state index in [1.165, 1.54) is 0 Å². The van der Waals surface area contributed by atoms with Crippen LogP contribution in [0.25, 0.3) is 0 Å². The molecule has 0 unspecified atom stereocenters. The van der Waals surface area contributed by atoms with Crippen molar-refractivity contribution in [1.82, 2.24) is 5.32 Å². The van der Waals surface area contributed by atoms with Crippen molar-refractivity contribution < 1.29 is 19.5 Å². The second-order valence-corrected chi connectivity index (χ2v) is 4.48. The first-order valence-electron chi connectivity index (χ1n) is 5.00. The first-order chi connectivity index (χ1) is 7.23. The number of nitrogens with two attached hydrogens (primary N) is 1. The monoisotopic (exact) mass is 230 g/mol. The highest BCUT2D eigenvalue weighted by Gasteiger charge is 2.24. The summed E-state index contributed by atoms with van der Waals surface area (Å²) in [5, 5.41) is 11.1. The minimum atomic E-state index is -0.935. The Labute approximate surface area is 94.2 Å². The highest BCUT2D eigenvalue weighted by Crippen LogP contribution is 2.24. The molecule has 92 valence electrons. The van der Waals surface area contributed by atoms with Crippen molar-refractivity contribution in [2.24, 2.45) is 11.1 Å². The summed E-state index contributed by atoms with van der Waals surface area (Å²) >= 11 is 0. The minimum Gasteiger partial charge on any atom is -0.481 e. The SMILES string of the molecule is CC(C)(CC(=O)O)CC(=O)NCCC(N)=O. The summed E-state index contributed by atoms with van der Waals surface area (Å²) in [6.07, 6.45) is 0.124. The Bertz CT molecular complexity index is 287. The van der Waals surface area contributed by atoms with Crippen LogP contribution in [-0.2, 0) is 14.4 Å². The van der Waals surface area contributed by atoms with Crippen LogP contribution in [0.5, 0.6) is 0 Å². The minimum absolute atomic E-state index is 0.0732. The summed E-state index contributed by atoms with van der Waals surface area (Å²) in [6.45, 7) is 3.60. The number of carbonyl (C=O) groups excluding carboxylic acids is 2. The fourth-order valence-corrected chi connectivity index (χ4v) is 1.29. The lowest BCUT2D eigenvalue weighted by molar-refractivity contribution is -0.139. The molecule has 0 rings (SSSR count). The number of rotatable bonds is 7. The van der Waals surface area contributed by atoms with E-state index in [9.17, 15) is 14.4 Å². The normalized spacial score (nSPS) is 10.9. The Balaban J connectivity index is 3.94. The zero-order chi connectivity index (χ0) is 12.8. The zero-order valence-corrected chi connectivity index (χ0v) is 9.58. The van der Waals surface area contributed by atoms with Crippen LogP contribution in [0.3, 0.4) is 0 Å². The van der Waals surface area contributed by atoms with Crippen LogP contribution in [0.15, 0.2) is 0 Å². The summed E-state index contributed by atoms with van der Waals surface area (Å²) in [5.41, 5.74) is 4.31. The first-order valence-corrected chi connectivity index (χ1v) is 5.00. The number of carboxylic acids is 1. The van der Waals surface area contributed by atoms with E-state index in [0.29, 0.717) is 0 Å². The summed E-state index contributed by atoms with van der Waals surface area (Å²) < 4.78 is 0. The van der Waals surface area contributed by atoms with Crippen molar-refractivity contribution in [2.45, 2.75) is 33.1 Å². The zero-order valence-electron chi connectivity index (χ0n) is 9.58. The molecular weight excluding hydrogens is 212 g/mol. The number of hydrogen-bond acceptors (Lipinski definition) is 3. The molecule has 0 saturated heterocycles. The molecule has 0 atom stereocenters. The largest absolute Gasteiger partial charge is 0.481 e. The molecule has 4 N–H and O–H groups in total. The molecule has 6 heteroatoms. The maximum atomic E-state index is 11.4. The van der Waals surface area contributed by atoms with Crippen LogP contribution in [0, 0.1) is 5.41 Å².